The molecule has 0 bridgehead atoms. The van der Waals surface area contributed by atoms with Crippen molar-refractivity contribution in [3.63, 3.8) is 0 Å². The van der Waals surface area contributed by atoms with Crippen LogP contribution < -0.4 is 0 Å². The molecule has 56 heavy (non-hydrogen) atoms. The van der Waals surface area contributed by atoms with E-state index < -0.39 is 42.3 Å². The Bertz CT molecular complexity index is 3760. The second-order valence-corrected chi connectivity index (χ2v) is 14.4. The topological polar surface area (TPSA) is 43.6 Å². The van der Waals surface area contributed by atoms with Gasteiger partial charge in [-0.05, 0) is 64.7 Å². The van der Waals surface area contributed by atoms with Crippen molar-refractivity contribution in [2.24, 2.45) is 0 Å². The van der Waals surface area contributed by atoms with Crippen LogP contribution in [0.3, 0.4) is 0 Å². The van der Waals surface area contributed by atoms with Gasteiger partial charge in [-0.3, -0.25) is 0 Å². The van der Waals surface area contributed by atoms with E-state index in [0.29, 0.717) is 34.1 Å². The zero-order valence-electron chi connectivity index (χ0n) is 38.5. The Labute approximate surface area is 340 Å². The van der Waals surface area contributed by atoms with E-state index in [9.17, 15) is 1.37 Å². The molecule has 11 aromatic rings. The maximum Gasteiger partial charge on any atom is 0.164 e. The van der Waals surface area contributed by atoms with Crippen LogP contribution in [-0.4, -0.2) is 19.5 Å². The lowest BCUT2D eigenvalue weighted by Crippen LogP contribution is -2.00. The van der Waals surface area contributed by atoms with Crippen LogP contribution in [-0.2, 0) is 0 Å². The number of aromatic nitrogens is 4. The van der Waals surface area contributed by atoms with E-state index in [1.54, 1.807) is 34.1 Å². The number of thiophene rings is 1. The molecule has 0 aliphatic heterocycles. The molecule has 0 amide bonds. The number of benzene rings is 8. The second kappa shape index (κ2) is 13.3. The predicted molar refractivity (Wildman–Crippen MR) is 234 cm³/mol. The lowest BCUT2D eigenvalue weighted by atomic mass is 9.99. The minimum atomic E-state index is -0.529. The first-order chi connectivity index (χ1) is 31.5. The summed E-state index contributed by atoms with van der Waals surface area (Å²) in [5.41, 5.74) is 5.59. The summed E-state index contributed by atoms with van der Waals surface area (Å²) in [5.74, 6) is 1.57. The van der Waals surface area contributed by atoms with Crippen LogP contribution in [0, 0.1) is 0 Å². The lowest BCUT2D eigenvalue weighted by Gasteiger charge is -2.12. The number of para-hydroxylation sites is 1. The molecule has 4 nitrogen and oxygen atoms in total. The van der Waals surface area contributed by atoms with E-state index in [-0.39, 0.29) is 34.1 Å². The highest BCUT2D eigenvalue weighted by atomic mass is 32.1. The van der Waals surface area contributed by atoms with Crippen LogP contribution >= 0.6 is 11.3 Å². The summed E-state index contributed by atoms with van der Waals surface area (Å²) >= 11 is 1.73. The fraction of sp³-hybridized carbons (Fsp3) is 0. The van der Waals surface area contributed by atoms with Crippen LogP contribution in [0.4, 0.5) is 0 Å². The van der Waals surface area contributed by atoms with Crippen LogP contribution in [0.25, 0.3) is 104 Å². The van der Waals surface area contributed by atoms with Crippen molar-refractivity contribution in [3.05, 3.63) is 194 Å². The molecule has 0 atom stereocenters. The van der Waals surface area contributed by atoms with Crippen molar-refractivity contribution in [1.29, 1.82) is 0 Å². The molecule has 11 rings (SSSR count). The second-order valence-electron chi connectivity index (χ2n) is 13.3. The van der Waals surface area contributed by atoms with Gasteiger partial charge in [-0.1, -0.05) is 151 Å². The Morgan fingerprint density at radius 2 is 1.05 bits per heavy atom. The third-order valence-corrected chi connectivity index (χ3v) is 11.2. The van der Waals surface area contributed by atoms with Gasteiger partial charge < -0.3 is 4.57 Å². The van der Waals surface area contributed by atoms with Crippen LogP contribution in [0.15, 0.2) is 194 Å². The highest BCUT2D eigenvalue weighted by Gasteiger charge is 2.19. The fourth-order valence-electron chi connectivity index (χ4n) is 7.59. The molecule has 3 aromatic heterocycles. The lowest BCUT2D eigenvalue weighted by molar-refractivity contribution is 1.08. The largest absolute Gasteiger partial charge is 0.309 e. The van der Waals surface area contributed by atoms with Crippen LogP contribution in [0.2, 0.25) is 0 Å². The molecule has 0 radical (unpaired) electrons. The smallest absolute Gasteiger partial charge is 0.164 e. The summed E-state index contributed by atoms with van der Waals surface area (Å²) in [6.07, 6.45) is 0. The van der Waals surface area contributed by atoms with Crippen LogP contribution in [0.1, 0.15) is 12.3 Å². The predicted octanol–water partition coefficient (Wildman–Crippen LogP) is 13.7. The summed E-state index contributed by atoms with van der Waals surface area (Å²) in [6.45, 7) is 0. The first-order valence-electron chi connectivity index (χ1n) is 22.5. The Morgan fingerprint density at radius 3 is 1.95 bits per heavy atom. The van der Waals surface area contributed by atoms with Crippen molar-refractivity contribution in [1.82, 2.24) is 19.5 Å². The standard InChI is InChI=1S/C51H32N4S/c1-3-15-33(16-4-1)39-25-13-28-44-47(39)40-23-7-9-27-43(40)55(44)38-22-12-20-36(32-38)35-19-11-21-37(31-35)50-52-49(34-17-5-2-6-18-34)53-51(54-50)42-26-14-30-46-48(42)41-24-8-10-29-45(41)56-46/h1-32H/i1D,3D,4D,7D,9D,15D,16D,23D,27D. The zero-order valence-corrected chi connectivity index (χ0v) is 30.3. The van der Waals surface area contributed by atoms with E-state index in [1.807, 2.05) is 97.1 Å². The molecule has 0 spiro atoms. The summed E-state index contributed by atoms with van der Waals surface area (Å²) < 4.78 is 82.4. The van der Waals surface area contributed by atoms with Gasteiger partial charge in [0, 0.05) is 53.3 Å². The van der Waals surface area contributed by atoms with Crippen molar-refractivity contribution in [3.8, 4) is 62.1 Å². The van der Waals surface area contributed by atoms with Gasteiger partial charge >= 0.3 is 0 Å². The molecule has 5 heteroatoms. The molecule has 0 aliphatic carbocycles. The minimum Gasteiger partial charge on any atom is -0.309 e. The molecular formula is C51H32N4S. The maximum atomic E-state index is 9.19. The van der Waals surface area contributed by atoms with E-state index >= 15 is 0 Å². The van der Waals surface area contributed by atoms with Gasteiger partial charge in [-0.25, -0.2) is 15.0 Å². The Kier molecular flexibility index (Phi) is 5.75. The number of fused-ring (bicyclic) bond motifs is 6. The van der Waals surface area contributed by atoms with Gasteiger partial charge in [-0.15, -0.1) is 11.3 Å². The van der Waals surface area contributed by atoms with E-state index in [1.165, 1.54) is 4.70 Å². The van der Waals surface area contributed by atoms with Gasteiger partial charge in [0.2, 0.25) is 0 Å². The SMILES string of the molecule is [2H]c1c([2H])c([2H])c(-c2cccc3c2c2c([2H])c([2H])c([2H])c([2H])c2n3-c2cccc(-c3cccc(-c4nc(-c5ccccc5)nc(-c5cccc6sc7ccccc7c56)n4)c3)c2)c([2H])c1[2H]. The quantitative estimate of drug-likeness (QED) is 0.170. The third-order valence-electron chi connectivity index (χ3n) is 10.1. The van der Waals surface area contributed by atoms with Crippen molar-refractivity contribution >= 4 is 53.3 Å². The molecule has 0 fully saturated rings. The van der Waals surface area contributed by atoms with Crippen molar-refractivity contribution in [2.45, 2.75) is 0 Å². The third kappa shape index (κ3) is 5.40. The first-order valence-corrected chi connectivity index (χ1v) is 18.9. The summed E-state index contributed by atoms with van der Waals surface area (Å²) in [7, 11) is 0. The molecule has 0 saturated carbocycles. The monoisotopic (exact) mass is 741 g/mol. The minimum absolute atomic E-state index is 0.0594. The normalized spacial score (nSPS) is 13.8. The van der Waals surface area contributed by atoms with Gasteiger partial charge in [0.05, 0.1) is 23.4 Å². The average molecular weight is 742 g/mol. The highest BCUT2D eigenvalue weighted by molar-refractivity contribution is 7.25. The molecule has 8 aromatic carbocycles. The number of hydrogen-bond acceptors (Lipinski definition) is 4. The molecule has 0 N–H and O–H groups in total. The summed E-state index contributed by atoms with van der Waals surface area (Å²) in [5, 5.41) is 2.74. The molecule has 0 unspecified atom stereocenters. The summed E-state index contributed by atoms with van der Waals surface area (Å²) in [6, 6.07) is 41.2. The summed E-state index contributed by atoms with van der Waals surface area (Å²) in [4.78, 5) is 15.2. The van der Waals surface area contributed by atoms with E-state index in [4.69, 9.17) is 25.9 Å². The van der Waals surface area contributed by atoms with E-state index in [0.717, 1.165) is 43.3 Å². The van der Waals surface area contributed by atoms with Gasteiger partial charge in [-0.2, -0.15) is 0 Å². The van der Waals surface area contributed by atoms with Crippen molar-refractivity contribution < 1.29 is 12.3 Å². The van der Waals surface area contributed by atoms with E-state index in [2.05, 4.69) is 24.3 Å². The molecule has 0 aliphatic rings. The average Bonchev–Trinajstić information content (AvgIpc) is 3.91. The first kappa shape index (κ1) is 24.2. The Balaban J connectivity index is 1.10. The maximum absolute atomic E-state index is 9.19. The van der Waals surface area contributed by atoms with Crippen molar-refractivity contribution in [2.75, 3.05) is 0 Å². The van der Waals surface area contributed by atoms with Gasteiger partial charge in [0.15, 0.2) is 17.5 Å². The molecule has 3 heterocycles. The Hall–Kier alpha value is -7.21. The van der Waals surface area contributed by atoms with Gasteiger partial charge in [0.25, 0.3) is 0 Å². The number of hydrogen-bond donors (Lipinski definition) is 0. The van der Waals surface area contributed by atoms with Crippen LogP contribution in [0.5, 0.6) is 0 Å². The van der Waals surface area contributed by atoms with Gasteiger partial charge in [0.1, 0.15) is 0 Å². The zero-order chi connectivity index (χ0) is 44.8. The fourth-order valence-corrected chi connectivity index (χ4v) is 8.72. The number of nitrogens with zero attached hydrogens (tertiary/aromatic N) is 4. The molecule has 0 saturated heterocycles. The highest BCUT2D eigenvalue weighted by Crippen LogP contribution is 2.41. The number of rotatable bonds is 6. The molecular weight excluding hydrogens is 701 g/mol. The molecule has 262 valence electrons. The Morgan fingerprint density at radius 1 is 0.411 bits per heavy atom.